The molecule has 0 aromatic heterocycles. The number of methoxy groups -OCH3 is 1. The molecule has 37 heavy (non-hydrogen) atoms. The van der Waals surface area contributed by atoms with Gasteiger partial charge in [0.1, 0.15) is 6.10 Å². The second-order valence-electron chi connectivity index (χ2n) is 15.3. The van der Waals surface area contributed by atoms with E-state index in [1.807, 2.05) is 6.92 Å². The normalized spacial score (nSPS) is 54.6. The Morgan fingerprint density at radius 1 is 0.946 bits per heavy atom. The van der Waals surface area contributed by atoms with Crippen LogP contribution in [0.15, 0.2) is 11.6 Å². The summed E-state index contributed by atoms with van der Waals surface area (Å²) < 4.78 is 5.45. The number of aliphatic hydroxyl groups excluding tert-OH is 4. The molecule has 0 saturated heterocycles. The van der Waals surface area contributed by atoms with Gasteiger partial charge in [-0.2, -0.15) is 0 Å². The third-order valence-electron chi connectivity index (χ3n) is 13.5. The lowest BCUT2D eigenvalue weighted by molar-refractivity contribution is -0.287. The van der Waals surface area contributed by atoms with Crippen molar-refractivity contribution >= 4 is 5.97 Å². The molecule has 0 aromatic carbocycles. The molecule has 0 aliphatic heterocycles. The summed E-state index contributed by atoms with van der Waals surface area (Å²) in [4.78, 5) is 13.4. The van der Waals surface area contributed by atoms with Gasteiger partial charge in [0.25, 0.3) is 0 Å². The summed E-state index contributed by atoms with van der Waals surface area (Å²) in [5, 5.41) is 44.1. The molecular weight excluding hydrogens is 468 g/mol. The van der Waals surface area contributed by atoms with Gasteiger partial charge in [-0.05, 0) is 85.4 Å². The van der Waals surface area contributed by atoms with Crippen molar-refractivity contribution in [2.75, 3.05) is 13.7 Å². The van der Waals surface area contributed by atoms with Gasteiger partial charge in [-0.15, -0.1) is 0 Å². The van der Waals surface area contributed by atoms with E-state index in [9.17, 15) is 25.2 Å². The minimum atomic E-state index is -1.29. The Kier molecular flexibility index (Phi) is 6.18. The Labute approximate surface area is 222 Å². The Hall–Kier alpha value is -0.950. The average Bonchev–Trinajstić information content (AvgIpc) is 2.86. The van der Waals surface area contributed by atoms with Crippen LogP contribution in [0.3, 0.4) is 0 Å². The van der Waals surface area contributed by atoms with Gasteiger partial charge in [0.2, 0.25) is 0 Å². The average molecular weight is 519 g/mol. The van der Waals surface area contributed by atoms with E-state index in [2.05, 4.69) is 40.7 Å². The van der Waals surface area contributed by atoms with Crippen LogP contribution in [0.25, 0.3) is 0 Å². The molecule has 210 valence electrons. The number of hydrogen-bond acceptors (Lipinski definition) is 6. The molecule has 0 amide bonds. The van der Waals surface area contributed by atoms with Gasteiger partial charge in [0.05, 0.1) is 31.3 Å². The lowest BCUT2D eigenvalue weighted by atomic mass is 9.33. The number of hydrogen-bond donors (Lipinski definition) is 4. The highest BCUT2D eigenvalue weighted by atomic mass is 16.5. The molecule has 0 unspecified atom stereocenters. The van der Waals surface area contributed by atoms with E-state index >= 15 is 0 Å². The van der Waals surface area contributed by atoms with Crippen LogP contribution in [0.4, 0.5) is 0 Å². The molecule has 0 bridgehead atoms. The summed E-state index contributed by atoms with van der Waals surface area (Å²) in [5.41, 5.74) is -0.711. The smallest absolute Gasteiger partial charge is 0.312 e. The number of allylic oxidation sites excluding steroid dienone is 2. The van der Waals surface area contributed by atoms with Crippen LogP contribution in [-0.4, -0.2) is 58.4 Å². The van der Waals surface area contributed by atoms with E-state index in [0.29, 0.717) is 0 Å². The number of esters is 1. The minimum absolute atomic E-state index is 0.0579. The number of aliphatic hydroxyl groups is 4. The van der Waals surface area contributed by atoms with Gasteiger partial charge >= 0.3 is 5.97 Å². The zero-order valence-electron chi connectivity index (χ0n) is 24.0. The Bertz CT molecular complexity index is 990. The van der Waals surface area contributed by atoms with Crippen LogP contribution in [0.5, 0.6) is 0 Å². The quantitative estimate of drug-likeness (QED) is 0.322. The predicted molar refractivity (Wildman–Crippen MR) is 141 cm³/mol. The third-order valence-corrected chi connectivity index (χ3v) is 13.5. The molecular formula is C31H50O6. The fraction of sp³-hybridized carbons (Fsp3) is 0.903. The summed E-state index contributed by atoms with van der Waals surface area (Å²) in [6.07, 6.45) is 5.91. The van der Waals surface area contributed by atoms with Crippen LogP contribution < -0.4 is 0 Å². The van der Waals surface area contributed by atoms with Crippen LogP contribution in [-0.2, 0) is 9.53 Å². The molecule has 6 nitrogen and oxygen atoms in total. The summed E-state index contributed by atoms with van der Waals surface area (Å²) in [6, 6.07) is 0. The summed E-state index contributed by atoms with van der Waals surface area (Å²) in [5.74, 6) is 0.0636. The van der Waals surface area contributed by atoms with Crippen molar-refractivity contribution < 1.29 is 30.0 Å². The number of fused-ring (bicyclic) bond motifs is 7. The van der Waals surface area contributed by atoms with Gasteiger partial charge in [0, 0.05) is 10.8 Å². The van der Waals surface area contributed by atoms with E-state index in [4.69, 9.17) is 4.74 Å². The van der Waals surface area contributed by atoms with Crippen LogP contribution in [0.1, 0.15) is 92.9 Å². The first-order chi connectivity index (χ1) is 17.1. The monoisotopic (exact) mass is 518 g/mol. The Balaban J connectivity index is 1.63. The summed E-state index contributed by atoms with van der Waals surface area (Å²) in [6.45, 7) is 13.2. The second kappa shape index (κ2) is 8.28. The first-order valence-electron chi connectivity index (χ1n) is 14.5. The highest BCUT2D eigenvalue weighted by Gasteiger charge is 2.72. The predicted octanol–water partition coefficient (Wildman–Crippen LogP) is 4.24. The molecule has 5 aliphatic carbocycles. The lowest BCUT2D eigenvalue weighted by Crippen LogP contribution is -2.73. The van der Waals surface area contributed by atoms with Crippen molar-refractivity contribution in [3.05, 3.63) is 11.6 Å². The van der Waals surface area contributed by atoms with E-state index < -0.39 is 34.6 Å². The molecule has 0 radical (unpaired) electrons. The van der Waals surface area contributed by atoms with Gasteiger partial charge in [-0.1, -0.05) is 53.2 Å². The molecule has 11 atom stereocenters. The molecule has 4 N–H and O–H groups in total. The molecule has 0 aromatic rings. The maximum atomic E-state index is 13.4. The van der Waals surface area contributed by atoms with Gasteiger partial charge in [-0.25, -0.2) is 0 Å². The van der Waals surface area contributed by atoms with E-state index in [1.54, 1.807) is 0 Å². The van der Waals surface area contributed by atoms with Gasteiger partial charge in [0.15, 0.2) is 0 Å². The molecule has 6 heteroatoms. The summed E-state index contributed by atoms with van der Waals surface area (Å²) >= 11 is 0. The van der Waals surface area contributed by atoms with Crippen LogP contribution in [0, 0.1) is 50.2 Å². The topological polar surface area (TPSA) is 107 Å². The zero-order valence-corrected chi connectivity index (χ0v) is 24.0. The van der Waals surface area contributed by atoms with Crippen LogP contribution >= 0.6 is 0 Å². The van der Waals surface area contributed by atoms with Crippen molar-refractivity contribution in [2.45, 2.75) is 111 Å². The zero-order chi connectivity index (χ0) is 27.4. The molecule has 0 heterocycles. The van der Waals surface area contributed by atoms with E-state index in [1.165, 1.54) is 12.7 Å². The first kappa shape index (κ1) is 27.6. The van der Waals surface area contributed by atoms with Crippen molar-refractivity contribution in [3.8, 4) is 0 Å². The van der Waals surface area contributed by atoms with Crippen molar-refractivity contribution in [1.82, 2.24) is 0 Å². The van der Waals surface area contributed by atoms with Gasteiger partial charge < -0.3 is 25.2 Å². The maximum Gasteiger partial charge on any atom is 0.312 e. The van der Waals surface area contributed by atoms with Crippen molar-refractivity contribution in [2.24, 2.45) is 50.2 Å². The lowest BCUT2D eigenvalue weighted by Gasteiger charge is -2.72. The first-order valence-corrected chi connectivity index (χ1v) is 14.5. The fourth-order valence-electron chi connectivity index (χ4n) is 10.9. The largest absolute Gasteiger partial charge is 0.469 e. The maximum absolute atomic E-state index is 13.4. The second-order valence-corrected chi connectivity index (χ2v) is 15.3. The molecule has 4 saturated carbocycles. The van der Waals surface area contributed by atoms with E-state index in [0.717, 1.165) is 51.4 Å². The number of carbonyl (C=O) groups is 1. The minimum Gasteiger partial charge on any atom is -0.469 e. The molecule has 5 rings (SSSR count). The SMILES string of the molecule is COC(=O)[C@]12CCC(C)(C)C[C@H]1C1=CC[C@@H]3[C@@]4(C)[C@@H](O)[C@@H](O)[C@H](O)[C@@](C)(CO)[C@@H]4CC[C@@]3(C)[C@]1(C)CC2. The molecule has 4 fully saturated rings. The van der Waals surface area contributed by atoms with Gasteiger partial charge in [-0.3, -0.25) is 4.79 Å². The number of ether oxygens (including phenoxy) is 1. The fourth-order valence-corrected chi connectivity index (χ4v) is 10.9. The third kappa shape index (κ3) is 3.22. The standard InChI is InChI=1S/C31H50O6/c1-26(2)12-14-31(25(36)37-7)15-13-28(4)18(19(31)16-26)8-9-21-29(28,5)11-10-20-27(3,17-32)23(34)22(33)24(35)30(20,21)6/h8,19-24,32-35H,9-17H2,1-7H3/t19-,20-,21-,22-,23-,24-,27-,28+,29+,30-,31-/m0/s1. The molecule has 5 aliphatic rings. The number of rotatable bonds is 2. The summed E-state index contributed by atoms with van der Waals surface area (Å²) in [7, 11) is 1.53. The highest BCUT2D eigenvalue weighted by molar-refractivity contribution is 5.78. The number of carbonyl (C=O) groups excluding carboxylic acids is 1. The highest BCUT2D eigenvalue weighted by Crippen LogP contribution is 2.75. The molecule has 0 spiro atoms. The van der Waals surface area contributed by atoms with Crippen molar-refractivity contribution in [3.63, 3.8) is 0 Å². The van der Waals surface area contributed by atoms with Crippen molar-refractivity contribution in [1.29, 1.82) is 0 Å². The van der Waals surface area contributed by atoms with E-state index in [-0.39, 0.29) is 46.6 Å². The Morgan fingerprint density at radius 2 is 1.59 bits per heavy atom. The van der Waals surface area contributed by atoms with Crippen LogP contribution in [0.2, 0.25) is 0 Å². The Morgan fingerprint density at radius 3 is 2.22 bits per heavy atom.